The summed E-state index contributed by atoms with van der Waals surface area (Å²) in [7, 11) is 0. The number of aliphatic hydroxyl groups is 3. The molecule has 15 nitrogen and oxygen atoms in total. The van der Waals surface area contributed by atoms with Crippen LogP contribution < -0.4 is 16.7 Å². The molecule has 3 heterocycles. The van der Waals surface area contributed by atoms with Crippen molar-refractivity contribution in [2.75, 3.05) is 17.8 Å². The summed E-state index contributed by atoms with van der Waals surface area (Å²) in [6, 6.07) is 5.70. The molecule has 3 aromatic rings. The van der Waals surface area contributed by atoms with E-state index in [0.29, 0.717) is 5.56 Å². The molecule has 0 bridgehead atoms. The highest BCUT2D eigenvalue weighted by atomic mass is 16.6. The molecule has 32 heavy (non-hydrogen) atoms. The molecule has 1 aliphatic rings. The Bertz CT molecular complexity index is 1260. The number of nitrogens with zero attached hydrogens (tertiary/aromatic N) is 5. The van der Waals surface area contributed by atoms with E-state index in [1.54, 1.807) is 6.07 Å². The molecule has 0 unspecified atom stereocenters. The van der Waals surface area contributed by atoms with E-state index in [2.05, 4.69) is 25.5 Å². The van der Waals surface area contributed by atoms with E-state index in [4.69, 9.17) is 10.5 Å². The van der Waals surface area contributed by atoms with Gasteiger partial charge >= 0.3 is 0 Å². The third kappa shape index (κ3) is 3.76. The molecule has 4 atom stereocenters. The van der Waals surface area contributed by atoms with Crippen LogP contribution in [0, 0.1) is 10.1 Å². The molecule has 0 saturated carbocycles. The summed E-state index contributed by atoms with van der Waals surface area (Å²) in [4.78, 5) is 33.1. The Balaban J connectivity index is 1.74. The van der Waals surface area contributed by atoms with Crippen molar-refractivity contribution < 1.29 is 25.0 Å². The first-order valence-electron chi connectivity index (χ1n) is 9.24. The van der Waals surface area contributed by atoms with Crippen LogP contribution in [0.25, 0.3) is 11.2 Å². The second kappa shape index (κ2) is 8.31. The van der Waals surface area contributed by atoms with Gasteiger partial charge in [0, 0.05) is 17.7 Å². The number of imidazole rings is 1. The number of fused-ring (bicyclic) bond motifs is 1. The molecule has 0 aliphatic carbocycles. The molecular weight excluding hydrogens is 428 g/mol. The van der Waals surface area contributed by atoms with Gasteiger partial charge in [0.25, 0.3) is 11.2 Å². The van der Waals surface area contributed by atoms with Gasteiger partial charge in [-0.1, -0.05) is 12.1 Å². The fourth-order valence-corrected chi connectivity index (χ4v) is 3.30. The molecule has 4 rings (SSSR count). The number of nitro groups is 1. The molecule has 168 valence electrons. The number of anilines is 2. The van der Waals surface area contributed by atoms with Gasteiger partial charge in [-0.15, -0.1) is 0 Å². The van der Waals surface area contributed by atoms with E-state index in [0.717, 1.165) is 0 Å². The largest absolute Gasteiger partial charge is 0.394 e. The molecule has 2 aromatic heterocycles. The molecule has 7 N–H and O–H groups in total. The summed E-state index contributed by atoms with van der Waals surface area (Å²) < 4.78 is 6.70. The highest BCUT2D eigenvalue weighted by Gasteiger charge is 2.45. The second-order valence-corrected chi connectivity index (χ2v) is 6.88. The first-order valence-corrected chi connectivity index (χ1v) is 9.24. The van der Waals surface area contributed by atoms with Gasteiger partial charge in [0.2, 0.25) is 11.9 Å². The number of nitrogens with two attached hydrogens (primary N) is 1. The Hall–Kier alpha value is -3.92. The zero-order valence-electron chi connectivity index (χ0n) is 16.2. The zero-order valence-corrected chi connectivity index (χ0v) is 16.2. The number of aromatic nitrogens is 4. The monoisotopic (exact) mass is 446 g/mol. The van der Waals surface area contributed by atoms with Crippen molar-refractivity contribution in [3.05, 3.63) is 50.3 Å². The Morgan fingerprint density at radius 2 is 2.16 bits per heavy atom. The van der Waals surface area contributed by atoms with Crippen LogP contribution in [-0.2, 0) is 4.74 Å². The van der Waals surface area contributed by atoms with Crippen molar-refractivity contribution >= 4 is 35.0 Å². The molecule has 0 radical (unpaired) electrons. The SMILES string of the molecule is Nc1nc2c(nc(NN=Cc3cccc([N+](=O)[O-])c3)n2[C@@H]2O[C@H](CO)[C@H](O)[C@H]2O)c(=O)[nH]1. The van der Waals surface area contributed by atoms with Crippen LogP contribution in [0.4, 0.5) is 17.6 Å². The van der Waals surface area contributed by atoms with Crippen molar-refractivity contribution in [1.29, 1.82) is 0 Å². The topological polar surface area (TPSA) is 227 Å². The molecule has 0 amide bonds. The first-order chi connectivity index (χ1) is 15.3. The van der Waals surface area contributed by atoms with Crippen molar-refractivity contribution in [2.24, 2.45) is 5.10 Å². The highest BCUT2D eigenvalue weighted by Crippen LogP contribution is 2.33. The number of ether oxygens (including phenoxy) is 1. The standard InChI is InChI=1S/C17H18N8O7/c18-16-21-13-10(14(29)22-16)20-17(24(13)15-12(28)11(27)9(6-26)32-15)23-19-5-7-2-1-3-8(4-7)25(30)31/h1-5,9,11-12,15,26-28H,6H2,(H,20,23)(H3,18,21,22,29)/t9-,11+,12-,15-/m1/s1. The lowest BCUT2D eigenvalue weighted by Crippen LogP contribution is -2.33. The van der Waals surface area contributed by atoms with E-state index in [1.807, 2.05) is 0 Å². The molecular formula is C17H18N8O7. The van der Waals surface area contributed by atoms with Gasteiger partial charge < -0.3 is 25.8 Å². The smallest absolute Gasteiger partial charge is 0.280 e. The van der Waals surface area contributed by atoms with Gasteiger partial charge in [0.1, 0.15) is 18.3 Å². The van der Waals surface area contributed by atoms with Crippen molar-refractivity contribution in [1.82, 2.24) is 19.5 Å². The van der Waals surface area contributed by atoms with E-state index >= 15 is 0 Å². The average Bonchev–Trinajstić information content (AvgIpc) is 3.25. The fraction of sp³-hybridized carbons (Fsp3) is 0.294. The number of H-pyrrole nitrogens is 1. The minimum absolute atomic E-state index is 0.0610. The maximum Gasteiger partial charge on any atom is 0.280 e. The Morgan fingerprint density at radius 1 is 1.38 bits per heavy atom. The number of hydrazone groups is 1. The highest BCUT2D eigenvalue weighted by molar-refractivity contribution is 5.81. The molecule has 1 fully saturated rings. The second-order valence-electron chi connectivity index (χ2n) is 6.88. The van der Waals surface area contributed by atoms with Gasteiger partial charge in [-0.05, 0) is 0 Å². The number of rotatable bonds is 6. The maximum absolute atomic E-state index is 12.3. The Labute approximate surface area is 177 Å². The number of nitro benzene ring substituents is 1. The number of hydrogen-bond acceptors (Lipinski definition) is 12. The average molecular weight is 446 g/mol. The number of non-ortho nitro benzene ring substituents is 1. The van der Waals surface area contributed by atoms with Gasteiger partial charge in [-0.2, -0.15) is 10.1 Å². The number of nitrogen functional groups attached to an aromatic ring is 1. The van der Waals surface area contributed by atoms with Crippen molar-refractivity contribution in [3.63, 3.8) is 0 Å². The van der Waals surface area contributed by atoms with Crippen molar-refractivity contribution in [2.45, 2.75) is 24.5 Å². The third-order valence-electron chi connectivity index (χ3n) is 4.80. The number of nitrogens with one attached hydrogen (secondary N) is 2. The normalized spacial score (nSPS) is 23.2. The van der Waals surface area contributed by atoms with E-state index in [9.17, 15) is 30.2 Å². The van der Waals surface area contributed by atoms with Crippen LogP contribution in [-0.4, -0.2) is 70.9 Å². The summed E-state index contributed by atoms with van der Waals surface area (Å²) in [6.07, 6.45) is -4.00. The van der Waals surface area contributed by atoms with Crippen LogP contribution in [0.15, 0.2) is 34.2 Å². The first kappa shape index (κ1) is 21.3. The molecule has 15 heteroatoms. The van der Waals surface area contributed by atoms with Crippen molar-refractivity contribution in [3.8, 4) is 0 Å². The number of benzene rings is 1. The molecule has 1 aromatic carbocycles. The summed E-state index contributed by atoms with van der Waals surface area (Å²) in [5.41, 5.74) is 7.61. The summed E-state index contributed by atoms with van der Waals surface area (Å²) >= 11 is 0. The minimum atomic E-state index is -1.49. The van der Waals surface area contributed by atoms with E-state index in [1.165, 1.54) is 29.0 Å². The summed E-state index contributed by atoms with van der Waals surface area (Å²) in [6.45, 7) is -0.564. The predicted octanol–water partition coefficient (Wildman–Crippen LogP) is -1.33. The lowest BCUT2D eigenvalue weighted by atomic mass is 10.1. The van der Waals surface area contributed by atoms with E-state index < -0.39 is 41.6 Å². The van der Waals surface area contributed by atoms with Crippen LogP contribution in [0.3, 0.4) is 0 Å². The van der Waals surface area contributed by atoms with Crippen LogP contribution in [0.5, 0.6) is 0 Å². The quantitative estimate of drug-likeness (QED) is 0.148. The predicted molar refractivity (Wildman–Crippen MR) is 110 cm³/mol. The van der Waals surface area contributed by atoms with Gasteiger partial charge in [0.05, 0.1) is 17.7 Å². The Morgan fingerprint density at radius 3 is 2.84 bits per heavy atom. The van der Waals surface area contributed by atoms with E-state index in [-0.39, 0.29) is 28.7 Å². The van der Waals surface area contributed by atoms with Crippen LogP contribution in [0.1, 0.15) is 11.8 Å². The lowest BCUT2D eigenvalue weighted by Gasteiger charge is -2.18. The molecule has 1 saturated heterocycles. The fourth-order valence-electron chi connectivity index (χ4n) is 3.30. The number of hydrogen-bond donors (Lipinski definition) is 6. The van der Waals surface area contributed by atoms with Gasteiger partial charge in [0.15, 0.2) is 17.4 Å². The number of aromatic amines is 1. The summed E-state index contributed by atoms with van der Waals surface area (Å²) in [5.74, 6) is -0.317. The third-order valence-corrected chi connectivity index (χ3v) is 4.80. The van der Waals surface area contributed by atoms with Crippen LogP contribution in [0.2, 0.25) is 0 Å². The Kier molecular flexibility index (Phi) is 5.54. The summed E-state index contributed by atoms with van der Waals surface area (Å²) in [5, 5.41) is 44.8. The van der Waals surface area contributed by atoms with Crippen LogP contribution >= 0.6 is 0 Å². The van der Waals surface area contributed by atoms with Gasteiger partial charge in [-0.3, -0.25) is 24.5 Å². The lowest BCUT2D eigenvalue weighted by molar-refractivity contribution is -0.384. The van der Waals surface area contributed by atoms with Gasteiger partial charge in [-0.25, -0.2) is 10.4 Å². The minimum Gasteiger partial charge on any atom is -0.394 e. The zero-order chi connectivity index (χ0) is 23.0. The molecule has 0 spiro atoms. The number of aliphatic hydroxyl groups excluding tert-OH is 3. The molecule has 1 aliphatic heterocycles. The maximum atomic E-state index is 12.3.